The van der Waals surface area contributed by atoms with Gasteiger partial charge in [-0.05, 0) is 36.8 Å². The summed E-state index contributed by atoms with van der Waals surface area (Å²) in [5, 5.41) is 4.68. The van der Waals surface area contributed by atoms with Crippen LogP contribution < -0.4 is 15.8 Å². The molecule has 7 heteroatoms. The number of halogens is 1. The fourth-order valence-corrected chi connectivity index (χ4v) is 3.66. The van der Waals surface area contributed by atoms with Gasteiger partial charge >= 0.3 is 0 Å². The number of aromatic nitrogens is 1. The molecule has 130 valence electrons. The molecule has 1 aromatic heterocycles. The molecule has 0 spiro atoms. The molecule has 0 bridgehead atoms. The molecule has 3 N–H and O–H groups in total. The van der Waals surface area contributed by atoms with E-state index in [4.69, 9.17) is 22.1 Å². The van der Waals surface area contributed by atoms with Crippen LogP contribution in [0, 0.1) is 0 Å². The summed E-state index contributed by atoms with van der Waals surface area (Å²) in [6.45, 7) is 0.638. The van der Waals surface area contributed by atoms with Crippen molar-refractivity contribution in [3.63, 3.8) is 0 Å². The molecule has 1 heterocycles. The van der Waals surface area contributed by atoms with E-state index in [0.29, 0.717) is 23.3 Å². The highest BCUT2D eigenvalue weighted by atomic mass is 35.5. The van der Waals surface area contributed by atoms with Crippen molar-refractivity contribution in [2.24, 2.45) is 10.7 Å². The number of methoxy groups -OCH3 is 1. The molecule has 0 saturated heterocycles. The highest BCUT2D eigenvalue weighted by Crippen LogP contribution is 2.27. The van der Waals surface area contributed by atoms with Gasteiger partial charge < -0.3 is 15.8 Å². The number of rotatable bonds is 6. The van der Waals surface area contributed by atoms with E-state index in [1.54, 1.807) is 30.6 Å². The van der Waals surface area contributed by atoms with Gasteiger partial charge in [-0.2, -0.15) is 0 Å². The van der Waals surface area contributed by atoms with E-state index in [1.807, 2.05) is 24.3 Å². The zero-order chi connectivity index (χ0) is 17.6. The maximum absolute atomic E-state index is 6.09. The van der Waals surface area contributed by atoms with Crippen LogP contribution >= 0.6 is 22.9 Å². The van der Waals surface area contributed by atoms with E-state index in [2.05, 4.69) is 21.4 Å². The first-order chi connectivity index (χ1) is 12.2. The third-order valence-corrected chi connectivity index (χ3v) is 4.98. The molecule has 0 radical (unpaired) electrons. The molecule has 0 aliphatic rings. The molecule has 0 aliphatic heterocycles. The smallest absolute Gasteiger partial charge is 0.193 e. The van der Waals surface area contributed by atoms with Crippen molar-refractivity contribution in [1.82, 2.24) is 4.98 Å². The number of aliphatic imine (C=N–C) groups is 1. The molecule has 0 unspecified atom stereocenters. The zero-order valence-electron chi connectivity index (χ0n) is 13.8. The lowest BCUT2D eigenvalue weighted by molar-refractivity contribution is 0.415. The number of hydrogen-bond donors (Lipinski definition) is 2. The number of ether oxygens (including phenoxy) is 1. The van der Waals surface area contributed by atoms with Gasteiger partial charge in [0, 0.05) is 18.7 Å². The molecular formula is C18H19ClN4OS. The number of guanidine groups is 1. The Morgan fingerprint density at radius 2 is 2.16 bits per heavy atom. The number of fused-ring (bicyclic) bond motifs is 1. The minimum absolute atomic E-state index is 0.366. The van der Waals surface area contributed by atoms with E-state index in [-0.39, 0.29) is 0 Å². The summed E-state index contributed by atoms with van der Waals surface area (Å²) in [6.07, 6.45) is 1.79. The van der Waals surface area contributed by atoms with Gasteiger partial charge in [0.1, 0.15) is 5.75 Å². The Bertz CT molecular complexity index is 861. The molecule has 25 heavy (non-hydrogen) atoms. The van der Waals surface area contributed by atoms with Gasteiger partial charge in [-0.15, -0.1) is 11.3 Å². The van der Waals surface area contributed by atoms with Gasteiger partial charge in [0.05, 0.1) is 27.4 Å². The molecule has 3 rings (SSSR count). The number of nitrogens with two attached hydrogens (primary N) is 1. The van der Waals surface area contributed by atoms with E-state index in [1.165, 1.54) is 4.70 Å². The molecule has 5 nitrogen and oxygen atoms in total. The number of aryl methyl sites for hydroxylation is 1. The first-order valence-corrected chi connectivity index (χ1v) is 9.10. The molecule has 0 amide bonds. The van der Waals surface area contributed by atoms with Gasteiger partial charge in [0.25, 0.3) is 0 Å². The van der Waals surface area contributed by atoms with Gasteiger partial charge in [-0.1, -0.05) is 23.7 Å². The molecule has 0 fully saturated rings. The number of anilines is 1. The Morgan fingerprint density at radius 3 is 2.92 bits per heavy atom. The number of benzene rings is 2. The van der Waals surface area contributed by atoms with E-state index < -0.39 is 0 Å². The summed E-state index contributed by atoms with van der Waals surface area (Å²) in [5.74, 6) is 0.990. The van der Waals surface area contributed by atoms with E-state index in [9.17, 15) is 0 Å². The summed E-state index contributed by atoms with van der Waals surface area (Å²) in [6, 6.07) is 13.6. The predicted octanol–water partition coefficient (Wildman–Crippen LogP) is 4.32. The van der Waals surface area contributed by atoms with Crippen molar-refractivity contribution in [2.45, 2.75) is 12.8 Å². The Hall–Kier alpha value is -2.31. The lowest BCUT2D eigenvalue weighted by Crippen LogP contribution is -2.22. The normalized spacial score (nSPS) is 11.7. The maximum atomic E-state index is 6.09. The third-order valence-electron chi connectivity index (χ3n) is 3.59. The lowest BCUT2D eigenvalue weighted by Gasteiger charge is -2.08. The largest absolute Gasteiger partial charge is 0.495 e. The van der Waals surface area contributed by atoms with Crippen molar-refractivity contribution in [2.75, 3.05) is 19.0 Å². The minimum Gasteiger partial charge on any atom is -0.495 e. The fraction of sp³-hybridized carbons (Fsp3) is 0.222. The van der Waals surface area contributed by atoms with Crippen LogP contribution in [0.15, 0.2) is 47.5 Å². The monoisotopic (exact) mass is 374 g/mol. The van der Waals surface area contributed by atoms with Gasteiger partial charge in [0.15, 0.2) is 5.96 Å². The highest BCUT2D eigenvalue weighted by molar-refractivity contribution is 7.18. The average molecular weight is 375 g/mol. The SMILES string of the molecule is COc1ccc(NC(N)=NCCCc2nc3ccccc3s2)cc1Cl. The second-order valence-corrected chi connectivity index (χ2v) is 6.94. The standard InChI is InChI=1S/C18H19ClN4OS/c1-24-15-9-8-12(11-13(15)19)22-18(20)21-10-4-7-17-23-14-5-2-3-6-16(14)25-17/h2-3,5-6,8-9,11H,4,7,10H2,1H3,(H3,20,21,22). The van der Waals surface area contributed by atoms with Crippen molar-refractivity contribution in [3.05, 3.63) is 52.5 Å². The fourth-order valence-electron chi connectivity index (χ4n) is 2.39. The zero-order valence-corrected chi connectivity index (χ0v) is 15.4. The Kier molecular flexibility index (Phi) is 5.73. The Morgan fingerprint density at radius 1 is 1.32 bits per heavy atom. The summed E-state index contributed by atoms with van der Waals surface area (Å²) in [7, 11) is 1.58. The highest BCUT2D eigenvalue weighted by Gasteiger charge is 2.04. The second-order valence-electron chi connectivity index (χ2n) is 5.42. The van der Waals surface area contributed by atoms with Crippen LogP contribution in [0.2, 0.25) is 5.02 Å². The van der Waals surface area contributed by atoms with Crippen LogP contribution in [0.3, 0.4) is 0 Å². The van der Waals surface area contributed by atoms with Gasteiger partial charge in [-0.25, -0.2) is 4.98 Å². The van der Waals surface area contributed by atoms with Crippen LogP contribution in [0.25, 0.3) is 10.2 Å². The predicted molar refractivity (Wildman–Crippen MR) is 106 cm³/mol. The van der Waals surface area contributed by atoms with Crippen LogP contribution in [-0.4, -0.2) is 24.6 Å². The van der Waals surface area contributed by atoms with Crippen LogP contribution in [0.1, 0.15) is 11.4 Å². The number of hydrogen-bond acceptors (Lipinski definition) is 4. The van der Waals surface area contributed by atoms with Crippen molar-refractivity contribution >= 4 is 44.8 Å². The van der Waals surface area contributed by atoms with Crippen LogP contribution in [0.5, 0.6) is 5.75 Å². The van der Waals surface area contributed by atoms with Gasteiger partial charge in [0.2, 0.25) is 0 Å². The quantitative estimate of drug-likeness (QED) is 0.383. The van der Waals surface area contributed by atoms with Crippen molar-refractivity contribution < 1.29 is 4.74 Å². The van der Waals surface area contributed by atoms with E-state index >= 15 is 0 Å². The molecule has 2 aromatic carbocycles. The average Bonchev–Trinajstić information content (AvgIpc) is 3.02. The molecular weight excluding hydrogens is 356 g/mol. The number of para-hydroxylation sites is 1. The number of nitrogens with one attached hydrogen (secondary N) is 1. The number of thiazole rings is 1. The first kappa shape index (κ1) is 17.5. The van der Waals surface area contributed by atoms with E-state index in [0.717, 1.165) is 29.1 Å². The second kappa shape index (κ2) is 8.18. The Balaban J connectivity index is 1.50. The molecule has 0 atom stereocenters. The summed E-state index contributed by atoms with van der Waals surface area (Å²) >= 11 is 7.82. The van der Waals surface area contributed by atoms with Crippen molar-refractivity contribution in [3.8, 4) is 5.75 Å². The topological polar surface area (TPSA) is 72.5 Å². The summed E-state index contributed by atoms with van der Waals surface area (Å²) in [4.78, 5) is 8.97. The van der Waals surface area contributed by atoms with Crippen LogP contribution in [0.4, 0.5) is 5.69 Å². The van der Waals surface area contributed by atoms with Crippen molar-refractivity contribution in [1.29, 1.82) is 0 Å². The lowest BCUT2D eigenvalue weighted by atomic mass is 10.3. The summed E-state index contributed by atoms with van der Waals surface area (Å²) < 4.78 is 6.34. The first-order valence-electron chi connectivity index (χ1n) is 7.90. The maximum Gasteiger partial charge on any atom is 0.193 e. The Labute approximate surface area is 155 Å². The molecule has 0 saturated carbocycles. The molecule has 0 aliphatic carbocycles. The third kappa shape index (κ3) is 4.61. The van der Waals surface area contributed by atoms with Crippen LogP contribution in [-0.2, 0) is 6.42 Å². The summed E-state index contributed by atoms with van der Waals surface area (Å²) in [5.41, 5.74) is 7.75. The van der Waals surface area contributed by atoms with Gasteiger partial charge in [-0.3, -0.25) is 4.99 Å². The number of nitrogens with zero attached hydrogens (tertiary/aromatic N) is 2. The minimum atomic E-state index is 0.366. The molecule has 3 aromatic rings.